The smallest absolute Gasteiger partial charge is 0.209 e. The fourth-order valence-electron chi connectivity index (χ4n) is 2.13. The molecule has 8 nitrogen and oxygen atoms in total. The Morgan fingerprint density at radius 1 is 0.714 bits per heavy atom. The summed E-state index contributed by atoms with van der Waals surface area (Å²) in [6.07, 6.45) is 2.36. The molecule has 0 bridgehead atoms. The number of methoxy groups -OCH3 is 1. The summed E-state index contributed by atoms with van der Waals surface area (Å²) in [5.41, 5.74) is 0. The number of nitrogens with zero attached hydrogens (tertiary/aromatic N) is 4. The Balaban J connectivity index is 2.66. The van der Waals surface area contributed by atoms with Crippen molar-refractivity contribution >= 4 is 19.2 Å². The van der Waals surface area contributed by atoms with E-state index in [2.05, 4.69) is 0 Å². The van der Waals surface area contributed by atoms with Gasteiger partial charge in [-0.2, -0.15) is 0 Å². The summed E-state index contributed by atoms with van der Waals surface area (Å²) < 4.78 is 5.14. The van der Waals surface area contributed by atoms with Crippen molar-refractivity contribution in [2.45, 2.75) is 0 Å². The van der Waals surface area contributed by atoms with E-state index in [1.807, 2.05) is 4.90 Å². The number of hydrogen-bond acceptors (Lipinski definition) is 5. The Morgan fingerprint density at radius 2 is 1.05 bits per heavy atom. The number of hydrogen-bond donors (Lipinski definition) is 0. The molecule has 0 aromatic rings. The highest BCUT2D eigenvalue weighted by Crippen LogP contribution is 1.97. The number of carbonyl (C=O) groups is 3. The Kier molecular flexibility index (Phi) is 8.37. The number of ether oxygens (including phenoxy) is 1. The first-order valence-corrected chi connectivity index (χ1v) is 7.02. The van der Waals surface area contributed by atoms with Crippen molar-refractivity contribution in [3.05, 3.63) is 0 Å². The van der Waals surface area contributed by atoms with Gasteiger partial charge in [-0.05, 0) is 0 Å². The van der Waals surface area contributed by atoms with Crippen LogP contribution in [0.3, 0.4) is 0 Å². The van der Waals surface area contributed by atoms with Crippen LogP contribution in [0.15, 0.2) is 0 Å². The molecule has 1 fully saturated rings. The fraction of sp³-hybridized carbons (Fsp3) is 0.769. The third-order valence-electron chi connectivity index (χ3n) is 3.51. The van der Waals surface area contributed by atoms with Crippen LogP contribution in [0.1, 0.15) is 0 Å². The van der Waals surface area contributed by atoms with E-state index >= 15 is 0 Å². The lowest BCUT2D eigenvalue weighted by molar-refractivity contribution is -0.123. The molecule has 0 aromatic heterocycles. The maximum atomic E-state index is 11.0. The average Bonchev–Trinajstić information content (AvgIpc) is 2.50. The summed E-state index contributed by atoms with van der Waals surface area (Å²) in [7, 11) is 1.62. The minimum Gasteiger partial charge on any atom is -0.369 e. The van der Waals surface area contributed by atoms with E-state index in [0.717, 1.165) is 19.2 Å². The van der Waals surface area contributed by atoms with Gasteiger partial charge >= 0.3 is 0 Å². The topological polar surface area (TPSA) is 73.4 Å². The predicted octanol–water partition coefficient (Wildman–Crippen LogP) is -1.72. The average molecular weight is 300 g/mol. The van der Waals surface area contributed by atoms with Crippen LogP contribution in [0.4, 0.5) is 0 Å². The van der Waals surface area contributed by atoms with Crippen LogP contribution in [-0.2, 0) is 19.1 Å². The summed E-state index contributed by atoms with van der Waals surface area (Å²) >= 11 is 0. The summed E-state index contributed by atoms with van der Waals surface area (Å²) in [6.45, 7) is 4.86. The van der Waals surface area contributed by atoms with Crippen LogP contribution in [0.5, 0.6) is 0 Å². The molecule has 3 amide bonds. The molecular weight excluding hydrogens is 276 g/mol. The van der Waals surface area contributed by atoms with Gasteiger partial charge in [0.05, 0.1) is 6.73 Å². The second kappa shape index (κ2) is 10.1. The zero-order valence-corrected chi connectivity index (χ0v) is 12.5. The maximum absolute atomic E-state index is 11.0. The number of amides is 3. The lowest BCUT2D eigenvalue weighted by atomic mass is 10.3. The number of carbonyl (C=O) groups excluding carboxylic acids is 3. The highest BCUT2D eigenvalue weighted by atomic mass is 16.5. The second-order valence-corrected chi connectivity index (χ2v) is 4.96. The standard InChI is InChI=1S/C13H24N4O4/c1-21-13-17-8-6-15(11-19)4-2-14(10-18)3-5-16(12-20)7-9-17/h10-12H,2-9,13H2,1H3. The monoisotopic (exact) mass is 300 g/mol. The van der Waals surface area contributed by atoms with Gasteiger partial charge in [-0.3, -0.25) is 19.3 Å². The Morgan fingerprint density at radius 3 is 1.33 bits per heavy atom. The van der Waals surface area contributed by atoms with Gasteiger partial charge < -0.3 is 19.4 Å². The van der Waals surface area contributed by atoms with Gasteiger partial charge in [0, 0.05) is 59.5 Å². The maximum Gasteiger partial charge on any atom is 0.209 e. The van der Waals surface area contributed by atoms with Crippen molar-refractivity contribution in [3.63, 3.8) is 0 Å². The van der Waals surface area contributed by atoms with Crippen LogP contribution >= 0.6 is 0 Å². The van der Waals surface area contributed by atoms with E-state index < -0.39 is 0 Å². The zero-order chi connectivity index (χ0) is 15.5. The zero-order valence-electron chi connectivity index (χ0n) is 12.5. The minimum atomic E-state index is 0.458. The Bertz CT molecular complexity index is 305. The number of rotatable bonds is 5. The molecule has 0 spiro atoms. The van der Waals surface area contributed by atoms with E-state index in [-0.39, 0.29) is 0 Å². The molecule has 0 N–H and O–H groups in total. The van der Waals surface area contributed by atoms with Gasteiger partial charge in [-0.25, -0.2) is 0 Å². The van der Waals surface area contributed by atoms with Crippen molar-refractivity contribution in [3.8, 4) is 0 Å². The van der Waals surface area contributed by atoms with E-state index in [0.29, 0.717) is 59.1 Å². The quantitative estimate of drug-likeness (QED) is 0.565. The second-order valence-electron chi connectivity index (χ2n) is 4.96. The third-order valence-corrected chi connectivity index (χ3v) is 3.51. The van der Waals surface area contributed by atoms with Gasteiger partial charge in [0.1, 0.15) is 0 Å². The molecule has 21 heavy (non-hydrogen) atoms. The van der Waals surface area contributed by atoms with E-state index in [1.54, 1.807) is 21.8 Å². The summed E-state index contributed by atoms with van der Waals surface area (Å²) in [5.74, 6) is 0. The first kappa shape index (κ1) is 17.4. The molecule has 1 rings (SSSR count). The molecule has 1 aliphatic rings. The third kappa shape index (κ3) is 6.54. The van der Waals surface area contributed by atoms with Crippen molar-refractivity contribution in [2.75, 3.05) is 66.2 Å². The van der Waals surface area contributed by atoms with Crippen LogP contribution in [0, 0.1) is 0 Å². The van der Waals surface area contributed by atoms with E-state index in [1.165, 1.54) is 0 Å². The molecular formula is C13H24N4O4. The molecule has 1 aliphatic heterocycles. The molecule has 0 radical (unpaired) electrons. The van der Waals surface area contributed by atoms with Gasteiger partial charge in [0.25, 0.3) is 0 Å². The Labute approximate surface area is 125 Å². The van der Waals surface area contributed by atoms with Gasteiger partial charge in [0.15, 0.2) is 0 Å². The molecule has 8 heteroatoms. The predicted molar refractivity (Wildman–Crippen MR) is 76.4 cm³/mol. The summed E-state index contributed by atoms with van der Waals surface area (Å²) in [6, 6.07) is 0. The van der Waals surface area contributed by atoms with Crippen LogP contribution in [0.25, 0.3) is 0 Å². The van der Waals surface area contributed by atoms with E-state index in [9.17, 15) is 14.4 Å². The van der Waals surface area contributed by atoms with Crippen molar-refractivity contribution in [1.82, 2.24) is 19.6 Å². The van der Waals surface area contributed by atoms with Crippen molar-refractivity contribution in [1.29, 1.82) is 0 Å². The molecule has 0 unspecified atom stereocenters. The molecule has 0 aromatic carbocycles. The normalized spacial score (nSPS) is 19.6. The molecule has 0 atom stereocenters. The van der Waals surface area contributed by atoms with Gasteiger partial charge in [-0.1, -0.05) is 0 Å². The first-order chi connectivity index (χ1) is 10.2. The van der Waals surface area contributed by atoms with E-state index in [4.69, 9.17) is 4.74 Å². The van der Waals surface area contributed by atoms with Crippen LogP contribution in [0.2, 0.25) is 0 Å². The minimum absolute atomic E-state index is 0.458. The summed E-state index contributed by atoms with van der Waals surface area (Å²) in [5, 5.41) is 0. The highest BCUT2D eigenvalue weighted by molar-refractivity contribution is 5.49. The van der Waals surface area contributed by atoms with Gasteiger partial charge in [-0.15, -0.1) is 0 Å². The van der Waals surface area contributed by atoms with Gasteiger partial charge in [0.2, 0.25) is 19.2 Å². The van der Waals surface area contributed by atoms with Crippen molar-refractivity contribution in [2.24, 2.45) is 0 Å². The molecule has 0 saturated carbocycles. The lowest BCUT2D eigenvalue weighted by Gasteiger charge is -2.30. The Hall–Kier alpha value is -1.67. The molecule has 120 valence electrons. The van der Waals surface area contributed by atoms with Crippen LogP contribution in [-0.4, -0.2) is 105 Å². The largest absolute Gasteiger partial charge is 0.369 e. The van der Waals surface area contributed by atoms with Crippen molar-refractivity contribution < 1.29 is 19.1 Å². The SMILES string of the molecule is COCN1CCN(C=O)CCN(C=O)CCN(C=O)CC1. The van der Waals surface area contributed by atoms with Crippen LogP contribution < -0.4 is 0 Å². The molecule has 1 saturated heterocycles. The molecule has 0 aliphatic carbocycles. The first-order valence-electron chi connectivity index (χ1n) is 7.02. The molecule has 1 heterocycles. The fourth-order valence-corrected chi connectivity index (χ4v) is 2.13. The summed E-state index contributed by atoms with van der Waals surface area (Å²) in [4.78, 5) is 40.0. The highest BCUT2D eigenvalue weighted by Gasteiger charge is 2.13. The lowest BCUT2D eigenvalue weighted by Crippen LogP contribution is -2.45.